The first kappa shape index (κ1) is 27.2. The molecule has 0 N–H and O–H groups in total. The molecule has 0 fully saturated rings. The maximum atomic E-state index is 9.42. The monoisotopic (exact) mass is 587 g/mol. The third kappa shape index (κ3) is 4.79. The summed E-state index contributed by atoms with van der Waals surface area (Å²) in [4.78, 5) is 2.23. The van der Waals surface area contributed by atoms with Gasteiger partial charge in [0.05, 0.1) is 28.4 Å². The van der Waals surface area contributed by atoms with E-state index in [0.29, 0.717) is 5.56 Å². The lowest BCUT2D eigenvalue weighted by atomic mass is 10.0. The van der Waals surface area contributed by atoms with Gasteiger partial charge in [0.15, 0.2) is 0 Å². The minimum absolute atomic E-state index is 0.639. The first-order valence-electron chi connectivity index (χ1n) is 15.4. The predicted molar refractivity (Wildman–Crippen MR) is 191 cm³/mol. The minimum atomic E-state index is 0.639. The van der Waals surface area contributed by atoms with E-state index in [1.807, 2.05) is 30.3 Å². The van der Waals surface area contributed by atoms with Crippen LogP contribution in [0.15, 0.2) is 176 Å². The predicted octanol–water partition coefficient (Wildman–Crippen LogP) is 11.5. The molecule has 0 amide bonds. The van der Waals surface area contributed by atoms with Crippen molar-refractivity contribution in [2.75, 3.05) is 4.90 Å². The van der Waals surface area contributed by atoms with E-state index in [2.05, 4.69) is 161 Å². The number of hydrogen-bond acceptors (Lipinski definition) is 2. The molecule has 1 heterocycles. The quantitative estimate of drug-likeness (QED) is 0.194. The lowest BCUT2D eigenvalue weighted by molar-refractivity contribution is 1.18. The smallest absolute Gasteiger partial charge is 0.0991 e. The van der Waals surface area contributed by atoms with Crippen LogP contribution in [0.2, 0.25) is 0 Å². The Morgan fingerprint density at radius 2 is 0.870 bits per heavy atom. The number of nitrogens with zero attached hydrogens (tertiary/aromatic N) is 3. The Kier molecular flexibility index (Phi) is 6.87. The molecule has 0 saturated heterocycles. The van der Waals surface area contributed by atoms with Gasteiger partial charge in [-0.3, -0.25) is 0 Å². The summed E-state index contributed by atoms with van der Waals surface area (Å²) in [5.74, 6) is 0. The Balaban J connectivity index is 1.22. The Bertz CT molecular complexity index is 2290. The number of fused-ring (bicyclic) bond motifs is 3. The summed E-state index contributed by atoms with van der Waals surface area (Å²) < 4.78 is 2.38. The number of para-hydroxylation sites is 3. The molecule has 0 unspecified atom stereocenters. The van der Waals surface area contributed by atoms with Gasteiger partial charge in [-0.05, 0) is 83.4 Å². The van der Waals surface area contributed by atoms with Crippen molar-refractivity contribution in [1.82, 2.24) is 4.57 Å². The van der Waals surface area contributed by atoms with Crippen LogP contribution in [-0.2, 0) is 0 Å². The van der Waals surface area contributed by atoms with Gasteiger partial charge in [0.2, 0.25) is 0 Å². The van der Waals surface area contributed by atoms with E-state index in [9.17, 15) is 5.26 Å². The molecule has 3 heteroatoms. The van der Waals surface area contributed by atoms with Gasteiger partial charge in [-0.15, -0.1) is 0 Å². The largest absolute Gasteiger partial charge is 0.311 e. The van der Waals surface area contributed by atoms with Crippen molar-refractivity contribution in [3.8, 4) is 34.0 Å². The van der Waals surface area contributed by atoms with Gasteiger partial charge < -0.3 is 9.47 Å². The second-order valence-corrected chi connectivity index (χ2v) is 11.3. The van der Waals surface area contributed by atoms with Crippen LogP contribution >= 0.6 is 0 Å². The number of aromatic nitrogens is 1. The normalized spacial score (nSPS) is 11.0. The topological polar surface area (TPSA) is 32.0 Å². The SMILES string of the molecule is N#Cc1ccc(N(c2ccc(-c3ccccc3)cc2)c2ccc(-c3ccccc3-n3c4ccccc4c4ccccc43)cc2)cc1. The molecule has 8 aromatic rings. The summed E-state index contributed by atoms with van der Waals surface area (Å²) in [6, 6.07) is 63.7. The summed E-state index contributed by atoms with van der Waals surface area (Å²) in [7, 11) is 0. The van der Waals surface area contributed by atoms with Crippen molar-refractivity contribution in [2.24, 2.45) is 0 Å². The Hall–Kier alpha value is -6.37. The molecule has 216 valence electrons. The van der Waals surface area contributed by atoms with Crippen LogP contribution < -0.4 is 4.90 Å². The van der Waals surface area contributed by atoms with Gasteiger partial charge in [0.25, 0.3) is 0 Å². The molecule has 7 aromatic carbocycles. The van der Waals surface area contributed by atoms with E-state index in [0.717, 1.165) is 33.9 Å². The fourth-order valence-corrected chi connectivity index (χ4v) is 6.45. The summed E-state index contributed by atoms with van der Waals surface area (Å²) >= 11 is 0. The number of hydrogen-bond donors (Lipinski definition) is 0. The molecule has 0 aliphatic carbocycles. The zero-order chi connectivity index (χ0) is 30.9. The molecule has 0 spiro atoms. The molecule has 0 radical (unpaired) electrons. The molecule has 0 atom stereocenters. The van der Waals surface area contributed by atoms with Crippen LogP contribution in [0, 0.1) is 11.3 Å². The third-order valence-electron chi connectivity index (χ3n) is 8.65. The van der Waals surface area contributed by atoms with Crippen molar-refractivity contribution in [2.45, 2.75) is 0 Å². The molecule has 3 nitrogen and oxygen atoms in total. The molecular weight excluding hydrogens is 558 g/mol. The van der Waals surface area contributed by atoms with Crippen LogP contribution in [0.3, 0.4) is 0 Å². The Morgan fingerprint density at radius 3 is 1.46 bits per heavy atom. The van der Waals surface area contributed by atoms with Crippen molar-refractivity contribution in [3.05, 3.63) is 181 Å². The maximum absolute atomic E-state index is 9.42. The highest BCUT2D eigenvalue weighted by Crippen LogP contribution is 2.39. The molecule has 0 bridgehead atoms. The highest BCUT2D eigenvalue weighted by Gasteiger charge is 2.17. The van der Waals surface area contributed by atoms with Crippen molar-refractivity contribution in [1.29, 1.82) is 5.26 Å². The van der Waals surface area contributed by atoms with Crippen LogP contribution in [-0.4, -0.2) is 4.57 Å². The highest BCUT2D eigenvalue weighted by atomic mass is 15.1. The molecule has 0 aliphatic heterocycles. The van der Waals surface area contributed by atoms with Gasteiger partial charge in [-0.2, -0.15) is 5.26 Å². The lowest BCUT2D eigenvalue weighted by Crippen LogP contribution is -2.09. The van der Waals surface area contributed by atoms with Gasteiger partial charge in [-0.1, -0.05) is 109 Å². The minimum Gasteiger partial charge on any atom is -0.311 e. The van der Waals surface area contributed by atoms with Crippen molar-refractivity contribution in [3.63, 3.8) is 0 Å². The van der Waals surface area contributed by atoms with Crippen molar-refractivity contribution >= 4 is 38.9 Å². The number of rotatable bonds is 6. The van der Waals surface area contributed by atoms with Crippen LogP contribution in [0.1, 0.15) is 5.56 Å². The van der Waals surface area contributed by atoms with Gasteiger partial charge in [0.1, 0.15) is 0 Å². The standard InChI is InChI=1S/C43H29N3/c44-30-31-18-24-35(25-19-31)45(36-26-20-33(21-27-36)32-10-2-1-3-11-32)37-28-22-34(23-29-37)38-12-4-7-15-41(38)46-42-16-8-5-13-39(42)40-14-6-9-17-43(40)46/h1-29H. The maximum Gasteiger partial charge on any atom is 0.0991 e. The van der Waals surface area contributed by atoms with E-state index >= 15 is 0 Å². The summed E-state index contributed by atoms with van der Waals surface area (Å²) in [6.45, 7) is 0. The molecular formula is C43H29N3. The number of nitriles is 1. The zero-order valence-corrected chi connectivity index (χ0v) is 25.1. The van der Waals surface area contributed by atoms with E-state index in [4.69, 9.17) is 0 Å². The van der Waals surface area contributed by atoms with Gasteiger partial charge in [0, 0.05) is 33.4 Å². The van der Waals surface area contributed by atoms with Gasteiger partial charge in [-0.25, -0.2) is 0 Å². The molecule has 46 heavy (non-hydrogen) atoms. The van der Waals surface area contributed by atoms with Crippen molar-refractivity contribution < 1.29 is 0 Å². The summed E-state index contributed by atoms with van der Waals surface area (Å²) in [6.07, 6.45) is 0. The first-order valence-corrected chi connectivity index (χ1v) is 15.4. The average Bonchev–Trinajstić information content (AvgIpc) is 3.47. The highest BCUT2D eigenvalue weighted by molar-refractivity contribution is 6.09. The van der Waals surface area contributed by atoms with E-state index in [1.54, 1.807) is 0 Å². The molecule has 0 aliphatic rings. The average molecular weight is 588 g/mol. The van der Waals surface area contributed by atoms with Gasteiger partial charge >= 0.3 is 0 Å². The number of anilines is 3. The van der Waals surface area contributed by atoms with Crippen LogP contribution in [0.4, 0.5) is 17.1 Å². The summed E-state index contributed by atoms with van der Waals surface area (Å²) in [5.41, 5.74) is 11.9. The second-order valence-electron chi connectivity index (χ2n) is 11.3. The van der Waals surface area contributed by atoms with E-state index < -0.39 is 0 Å². The Morgan fingerprint density at radius 1 is 0.413 bits per heavy atom. The van der Waals surface area contributed by atoms with Crippen LogP contribution in [0.25, 0.3) is 49.7 Å². The first-order chi connectivity index (χ1) is 22.8. The Labute approximate surface area is 268 Å². The number of benzene rings is 7. The lowest BCUT2D eigenvalue weighted by Gasteiger charge is -2.26. The fourth-order valence-electron chi connectivity index (χ4n) is 6.45. The molecule has 8 rings (SSSR count). The van der Waals surface area contributed by atoms with Crippen LogP contribution in [0.5, 0.6) is 0 Å². The third-order valence-corrected chi connectivity index (χ3v) is 8.65. The molecule has 1 aromatic heterocycles. The second kappa shape index (κ2) is 11.6. The fraction of sp³-hybridized carbons (Fsp3) is 0. The summed E-state index contributed by atoms with van der Waals surface area (Å²) in [5, 5.41) is 11.9. The molecule has 0 saturated carbocycles. The zero-order valence-electron chi connectivity index (χ0n) is 25.1. The van der Waals surface area contributed by atoms with E-state index in [1.165, 1.54) is 32.9 Å². The van der Waals surface area contributed by atoms with E-state index in [-0.39, 0.29) is 0 Å².